The Morgan fingerprint density at radius 1 is 1.33 bits per heavy atom. The average Bonchev–Trinajstić information content (AvgIpc) is 2.90. The molecule has 2 N–H and O–H groups in total. The highest BCUT2D eigenvalue weighted by Gasteiger charge is 2.24. The van der Waals surface area contributed by atoms with Gasteiger partial charge in [0.2, 0.25) is 0 Å². The van der Waals surface area contributed by atoms with E-state index in [9.17, 15) is 0 Å². The molecule has 0 radical (unpaired) electrons. The van der Waals surface area contributed by atoms with Gasteiger partial charge < -0.3 is 10.6 Å². The Kier molecular flexibility index (Phi) is 6.03. The summed E-state index contributed by atoms with van der Waals surface area (Å²) in [4.78, 5) is 8.92. The molecule has 0 aromatic carbocycles. The van der Waals surface area contributed by atoms with Crippen LogP contribution in [0.3, 0.4) is 0 Å². The lowest BCUT2D eigenvalue weighted by Crippen LogP contribution is -2.46. The molecule has 1 aromatic heterocycles. The van der Waals surface area contributed by atoms with E-state index in [-0.39, 0.29) is 0 Å². The summed E-state index contributed by atoms with van der Waals surface area (Å²) in [6.45, 7) is 7.58. The van der Waals surface area contributed by atoms with Crippen LogP contribution in [0, 0.1) is 11.8 Å². The number of guanidine groups is 1. The number of aromatic nitrogens is 1. The van der Waals surface area contributed by atoms with Crippen molar-refractivity contribution in [3.8, 4) is 0 Å². The molecule has 118 valence electrons. The Morgan fingerprint density at radius 2 is 2.05 bits per heavy atom. The van der Waals surface area contributed by atoms with Crippen molar-refractivity contribution in [2.45, 2.75) is 59.0 Å². The molecule has 21 heavy (non-hydrogen) atoms. The lowest BCUT2D eigenvalue weighted by Gasteiger charge is -2.32. The minimum atomic E-state index is 0.539. The van der Waals surface area contributed by atoms with E-state index in [4.69, 9.17) is 0 Å². The lowest BCUT2D eigenvalue weighted by molar-refractivity contribution is 0.255. The van der Waals surface area contributed by atoms with Gasteiger partial charge in [0.25, 0.3) is 0 Å². The van der Waals surface area contributed by atoms with Gasteiger partial charge in [-0.3, -0.25) is 4.99 Å². The molecule has 1 fully saturated rings. The Labute approximate surface area is 132 Å². The summed E-state index contributed by atoms with van der Waals surface area (Å²) in [5.74, 6) is 2.50. The van der Waals surface area contributed by atoms with Crippen LogP contribution in [0.1, 0.15) is 50.7 Å². The van der Waals surface area contributed by atoms with Crippen molar-refractivity contribution < 1.29 is 0 Å². The van der Waals surface area contributed by atoms with E-state index >= 15 is 0 Å². The number of thiazole rings is 1. The number of hydrogen-bond donors (Lipinski definition) is 2. The molecule has 1 aliphatic carbocycles. The van der Waals surface area contributed by atoms with Crippen LogP contribution in [0.5, 0.6) is 0 Å². The number of aryl methyl sites for hydroxylation is 1. The third kappa shape index (κ3) is 4.99. The van der Waals surface area contributed by atoms with Gasteiger partial charge in [0.1, 0.15) is 0 Å². The summed E-state index contributed by atoms with van der Waals surface area (Å²) >= 11 is 1.73. The number of rotatable bonds is 4. The van der Waals surface area contributed by atoms with E-state index in [1.807, 2.05) is 7.05 Å². The summed E-state index contributed by atoms with van der Waals surface area (Å²) in [5, 5.41) is 10.3. The third-order valence-electron chi connectivity index (χ3n) is 4.08. The molecular formula is C16H28N4S. The zero-order valence-electron chi connectivity index (χ0n) is 13.6. The second kappa shape index (κ2) is 7.78. The fraction of sp³-hybridized carbons (Fsp3) is 0.750. The maximum absolute atomic E-state index is 4.58. The first-order valence-electron chi connectivity index (χ1n) is 8.01. The van der Waals surface area contributed by atoms with Crippen LogP contribution < -0.4 is 10.6 Å². The van der Waals surface area contributed by atoms with Gasteiger partial charge in [-0.05, 0) is 37.5 Å². The molecule has 1 aromatic rings. The maximum atomic E-state index is 4.58. The molecule has 5 heteroatoms. The topological polar surface area (TPSA) is 49.3 Å². The number of hydrogen-bond acceptors (Lipinski definition) is 3. The Balaban J connectivity index is 1.83. The molecule has 2 unspecified atom stereocenters. The van der Waals surface area contributed by atoms with Crippen molar-refractivity contribution in [3.05, 3.63) is 16.1 Å². The van der Waals surface area contributed by atoms with Gasteiger partial charge >= 0.3 is 0 Å². The van der Waals surface area contributed by atoms with Gasteiger partial charge in [-0.25, -0.2) is 4.98 Å². The van der Waals surface area contributed by atoms with Gasteiger partial charge in [-0.2, -0.15) is 0 Å². The van der Waals surface area contributed by atoms with E-state index in [2.05, 4.69) is 46.8 Å². The molecule has 4 nitrogen and oxygen atoms in total. The van der Waals surface area contributed by atoms with Crippen LogP contribution >= 0.6 is 11.3 Å². The SMILES string of the molecule is CCc1nc(CNC(=NC)NC2CC(C)CC(C)C2)cs1. The van der Waals surface area contributed by atoms with Crippen molar-refractivity contribution in [2.75, 3.05) is 7.05 Å². The normalized spacial score (nSPS) is 26.7. The summed E-state index contributed by atoms with van der Waals surface area (Å²) in [7, 11) is 1.84. The average molecular weight is 308 g/mol. The van der Waals surface area contributed by atoms with Gasteiger partial charge in [-0.15, -0.1) is 11.3 Å². The molecule has 0 saturated heterocycles. The highest BCUT2D eigenvalue weighted by molar-refractivity contribution is 7.09. The summed E-state index contributed by atoms with van der Waals surface area (Å²) in [6, 6.07) is 0.539. The zero-order valence-corrected chi connectivity index (χ0v) is 14.5. The van der Waals surface area contributed by atoms with Crippen molar-refractivity contribution in [3.63, 3.8) is 0 Å². The molecule has 1 saturated carbocycles. The van der Waals surface area contributed by atoms with Gasteiger partial charge in [-0.1, -0.05) is 20.8 Å². The molecule has 2 rings (SSSR count). The summed E-state index contributed by atoms with van der Waals surface area (Å²) in [6.07, 6.45) is 4.84. The van der Waals surface area contributed by atoms with Gasteiger partial charge in [0, 0.05) is 18.5 Å². The highest BCUT2D eigenvalue weighted by Crippen LogP contribution is 2.28. The predicted molar refractivity (Wildman–Crippen MR) is 90.8 cm³/mol. The molecule has 0 spiro atoms. The molecule has 1 heterocycles. The van der Waals surface area contributed by atoms with Crippen LogP contribution in [0.4, 0.5) is 0 Å². The van der Waals surface area contributed by atoms with Crippen molar-refractivity contribution in [1.29, 1.82) is 0 Å². The fourth-order valence-corrected chi connectivity index (χ4v) is 3.96. The summed E-state index contributed by atoms with van der Waals surface area (Å²) < 4.78 is 0. The second-order valence-corrected chi connectivity index (χ2v) is 7.21. The van der Waals surface area contributed by atoms with E-state index in [1.54, 1.807) is 11.3 Å². The smallest absolute Gasteiger partial charge is 0.191 e. The molecular weight excluding hydrogens is 280 g/mol. The molecule has 0 amide bonds. The minimum absolute atomic E-state index is 0.539. The number of nitrogens with zero attached hydrogens (tertiary/aromatic N) is 2. The van der Waals surface area contributed by atoms with E-state index in [0.717, 1.165) is 36.5 Å². The van der Waals surface area contributed by atoms with E-state index in [0.29, 0.717) is 6.04 Å². The monoisotopic (exact) mass is 308 g/mol. The van der Waals surface area contributed by atoms with Crippen LogP contribution in [0.25, 0.3) is 0 Å². The van der Waals surface area contributed by atoms with E-state index in [1.165, 1.54) is 24.3 Å². The molecule has 2 atom stereocenters. The number of nitrogens with one attached hydrogen (secondary N) is 2. The first-order chi connectivity index (χ1) is 10.1. The summed E-state index contributed by atoms with van der Waals surface area (Å²) in [5.41, 5.74) is 1.10. The van der Waals surface area contributed by atoms with Crippen LogP contribution in [-0.4, -0.2) is 24.0 Å². The Morgan fingerprint density at radius 3 is 2.62 bits per heavy atom. The third-order valence-corrected chi connectivity index (χ3v) is 5.12. The van der Waals surface area contributed by atoms with Crippen LogP contribution in [-0.2, 0) is 13.0 Å². The minimum Gasteiger partial charge on any atom is -0.354 e. The lowest BCUT2D eigenvalue weighted by atomic mass is 9.80. The van der Waals surface area contributed by atoms with Crippen molar-refractivity contribution in [2.24, 2.45) is 16.8 Å². The quantitative estimate of drug-likeness (QED) is 0.663. The first-order valence-corrected chi connectivity index (χ1v) is 8.89. The van der Waals surface area contributed by atoms with Crippen LogP contribution in [0.15, 0.2) is 10.4 Å². The largest absolute Gasteiger partial charge is 0.354 e. The Hall–Kier alpha value is -1.10. The van der Waals surface area contributed by atoms with Gasteiger partial charge in [0.15, 0.2) is 5.96 Å². The van der Waals surface area contributed by atoms with E-state index < -0.39 is 0 Å². The second-order valence-electron chi connectivity index (χ2n) is 6.27. The maximum Gasteiger partial charge on any atom is 0.191 e. The Bertz CT molecular complexity index is 459. The molecule has 0 aliphatic heterocycles. The first kappa shape index (κ1) is 16.3. The van der Waals surface area contributed by atoms with Crippen molar-refractivity contribution in [1.82, 2.24) is 15.6 Å². The standard InChI is InChI=1S/C16H28N4S/c1-5-15-19-14(10-21-15)9-18-16(17-4)20-13-7-11(2)6-12(3)8-13/h10-13H,5-9H2,1-4H3,(H2,17,18,20). The molecule has 1 aliphatic rings. The number of aliphatic imine (C=N–C) groups is 1. The fourth-order valence-electron chi connectivity index (χ4n) is 3.22. The zero-order chi connectivity index (χ0) is 15.2. The van der Waals surface area contributed by atoms with Crippen molar-refractivity contribution >= 4 is 17.3 Å². The molecule has 0 bridgehead atoms. The van der Waals surface area contributed by atoms with Gasteiger partial charge in [0.05, 0.1) is 17.2 Å². The predicted octanol–water partition coefficient (Wildman–Crippen LogP) is 3.20. The highest BCUT2D eigenvalue weighted by atomic mass is 32.1. The van der Waals surface area contributed by atoms with Crippen LogP contribution in [0.2, 0.25) is 0 Å².